The third-order valence-corrected chi connectivity index (χ3v) is 4.72. The van der Waals surface area contributed by atoms with E-state index in [1.54, 1.807) is 0 Å². The van der Waals surface area contributed by atoms with Crippen molar-refractivity contribution < 1.29 is 18.8 Å². The van der Waals surface area contributed by atoms with Gasteiger partial charge in [0.25, 0.3) is 11.8 Å². The van der Waals surface area contributed by atoms with E-state index in [1.807, 2.05) is 0 Å². The zero-order chi connectivity index (χ0) is 20.3. The lowest BCUT2D eigenvalue weighted by Crippen LogP contribution is -2.53. The maximum Gasteiger partial charge on any atom is 0.322 e. The molecule has 28 heavy (non-hydrogen) atoms. The van der Waals surface area contributed by atoms with E-state index in [0.717, 1.165) is 25.1 Å². The largest absolute Gasteiger partial charge is 0.345 e. The predicted molar refractivity (Wildman–Crippen MR) is 101 cm³/mol. The summed E-state index contributed by atoms with van der Waals surface area (Å²) in [5, 5.41) is 18.6. The Kier molecular flexibility index (Phi) is 5.88. The number of hydrogen-bond acceptors (Lipinski definition) is 6. The molecule has 1 aliphatic heterocycles. The normalized spacial score (nSPS) is 20.2. The van der Waals surface area contributed by atoms with E-state index >= 15 is 0 Å². The van der Waals surface area contributed by atoms with Crippen molar-refractivity contribution in [3.8, 4) is 0 Å². The minimum absolute atomic E-state index is 0.0606. The molecule has 2 aliphatic rings. The van der Waals surface area contributed by atoms with Gasteiger partial charge >= 0.3 is 6.03 Å². The van der Waals surface area contributed by atoms with Gasteiger partial charge in [-0.05, 0) is 30.5 Å². The molecule has 1 aromatic carbocycles. The van der Waals surface area contributed by atoms with Crippen LogP contribution in [-0.2, 0) is 9.59 Å². The van der Waals surface area contributed by atoms with Crippen LogP contribution in [0.25, 0.3) is 0 Å². The van der Waals surface area contributed by atoms with E-state index < -0.39 is 35.7 Å². The number of amides is 4. The SMILES string of the molecule is N=C/C(=N\Nc1ccc(F)cc1Cl)C(=O)NC(CC1CC1)[C@H]1NC(=O)NC1=O. The van der Waals surface area contributed by atoms with Gasteiger partial charge in [-0.15, -0.1) is 0 Å². The summed E-state index contributed by atoms with van der Waals surface area (Å²) < 4.78 is 13.1. The lowest BCUT2D eigenvalue weighted by atomic mass is 10.0. The smallest absolute Gasteiger partial charge is 0.322 e. The first-order valence-electron chi connectivity index (χ1n) is 8.59. The highest BCUT2D eigenvalue weighted by atomic mass is 35.5. The number of rotatable bonds is 8. The number of carbonyl (C=O) groups excluding carboxylic acids is 3. The molecule has 1 saturated heterocycles. The Labute approximate surface area is 164 Å². The standard InChI is InChI=1S/C17H18ClFN6O3/c18-10-6-9(19)3-4-11(10)24-25-13(7-20)15(26)21-12(5-8-1-2-8)14-16(27)23-17(28)22-14/h3-4,6-8,12,14,20,24H,1-2,5H2,(H,21,26)(H2,22,23,27,28)/b20-7?,25-13+/t12?,14-/m1/s1. The average Bonchev–Trinajstić information content (AvgIpc) is 3.38. The first-order valence-corrected chi connectivity index (χ1v) is 8.96. The molecule has 0 bridgehead atoms. The molecule has 3 rings (SSSR count). The van der Waals surface area contributed by atoms with Gasteiger partial charge in [-0.3, -0.25) is 20.3 Å². The number of nitrogens with one attached hydrogen (secondary N) is 5. The third-order valence-electron chi connectivity index (χ3n) is 4.41. The van der Waals surface area contributed by atoms with Crippen molar-refractivity contribution in [2.45, 2.75) is 31.3 Å². The van der Waals surface area contributed by atoms with E-state index in [0.29, 0.717) is 12.3 Å². The van der Waals surface area contributed by atoms with Gasteiger partial charge in [-0.2, -0.15) is 5.10 Å². The summed E-state index contributed by atoms with van der Waals surface area (Å²) in [5.74, 6) is -1.36. The van der Waals surface area contributed by atoms with Gasteiger partial charge in [-0.25, -0.2) is 9.18 Å². The molecule has 0 aromatic heterocycles. The van der Waals surface area contributed by atoms with Crippen molar-refractivity contribution in [1.29, 1.82) is 5.41 Å². The Morgan fingerprint density at radius 3 is 2.75 bits per heavy atom. The van der Waals surface area contributed by atoms with Crippen LogP contribution < -0.4 is 21.4 Å². The fourth-order valence-corrected chi connectivity index (χ4v) is 3.01. The summed E-state index contributed by atoms with van der Waals surface area (Å²) in [6.45, 7) is 0. The van der Waals surface area contributed by atoms with Crippen molar-refractivity contribution in [2.75, 3.05) is 5.43 Å². The number of halogens is 2. The molecule has 4 amide bonds. The predicted octanol–water partition coefficient (Wildman–Crippen LogP) is 1.39. The maximum absolute atomic E-state index is 13.1. The molecule has 5 N–H and O–H groups in total. The Morgan fingerprint density at radius 1 is 1.43 bits per heavy atom. The second kappa shape index (κ2) is 8.34. The van der Waals surface area contributed by atoms with Crippen LogP contribution in [0.2, 0.25) is 5.02 Å². The highest BCUT2D eigenvalue weighted by molar-refractivity contribution is 6.60. The molecule has 11 heteroatoms. The van der Waals surface area contributed by atoms with E-state index in [2.05, 4.69) is 26.5 Å². The van der Waals surface area contributed by atoms with Gasteiger partial charge in [0.05, 0.1) is 23.0 Å². The lowest BCUT2D eigenvalue weighted by Gasteiger charge is -2.22. The van der Waals surface area contributed by atoms with Crippen LogP contribution >= 0.6 is 11.6 Å². The molecule has 1 heterocycles. The molecule has 0 spiro atoms. The van der Waals surface area contributed by atoms with Crippen molar-refractivity contribution in [3.05, 3.63) is 29.0 Å². The first-order chi connectivity index (χ1) is 13.4. The summed E-state index contributed by atoms with van der Waals surface area (Å²) in [7, 11) is 0. The van der Waals surface area contributed by atoms with Crippen LogP contribution in [0.4, 0.5) is 14.9 Å². The molecule has 1 saturated carbocycles. The van der Waals surface area contributed by atoms with E-state index in [9.17, 15) is 18.8 Å². The van der Waals surface area contributed by atoms with Gasteiger partial charge in [0, 0.05) is 0 Å². The van der Waals surface area contributed by atoms with Gasteiger partial charge < -0.3 is 16.0 Å². The first kappa shape index (κ1) is 19.7. The summed E-state index contributed by atoms with van der Waals surface area (Å²) in [6.07, 6.45) is 3.24. The van der Waals surface area contributed by atoms with E-state index in [-0.39, 0.29) is 16.4 Å². The molecule has 2 fully saturated rings. The topological polar surface area (TPSA) is 136 Å². The molecule has 1 aliphatic carbocycles. The van der Waals surface area contributed by atoms with Crippen LogP contribution in [-0.4, -0.2) is 41.9 Å². The Balaban J connectivity index is 1.70. The van der Waals surface area contributed by atoms with Crippen molar-refractivity contribution >= 4 is 47.1 Å². The van der Waals surface area contributed by atoms with Gasteiger partial charge in [0.2, 0.25) is 0 Å². The number of imide groups is 1. The number of anilines is 1. The summed E-state index contributed by atoms with van der Waals surface area (Å²) in [5.41, 5.74) is 2.50. The Hall–Kier alpha value is -3.01. The van der Waals surface area contributed by atoms with Crippen LogP contribution in [0.1, 0.15) is 19.3 Å². The minimum Gasteiger partial charge on any atom is -0.345 e. The molecular weight excluding hydrogens is 391 g/mol. The van der Waals surface area contributed by atoms with Gasteiger partial charge in [0.1, 0.15) is 11.9 Å². The fraction of sp³-hybridized carbons (Fsp3) is 0.353. The van der Waals surface area contributed by atoms with E-state index in [4.69, 9.17) is 17.0 Å². The lowest BCUT2D eigenvalue weighted by molar-refractivity contribution is -0.121. The van der Waals surface area contributed by atoms with Gasteiger partial charge in [-0.1, -0.05) is 24.4 Å². The van der Waals surface area contributed by atoms with Crippen molar-refractivity contribution in [1.82, 2.24) is 16.0 Å². The molecule has 1 unspecified atom stereocenters. The van der Waals surface area contributed by atoms with Gasteiger partial charge in [0.15, 0.2) is 5.71 Å². The number of hydrazone groups is 1. The molecular formula is C17H18ClFN6O3. The minimum atomic E-state index is -0.886. The number of benzene rings is 1. The fourth-order valence-electron chi connectivity index (χ4n) is 2.80. The Bertz CT molecular complexity index is 857. The number of urea groups is 1. The zero-order valence-electron chi connectivity index (χ0n) is 14.6. The van der Waals surface area contributed by atoms with Crippen LogP contribution in [0.5, 0.6) is 0 Å². The summed E-state index contributed by atoms with van der Waals surface area (Å²) >= 11 is 5.89. The molecule has 9 nitrogen and oxygen atoms in total. The average molecular weight is 409 g/mol. The number of hydrogen-bond donors (Lipinski definition) is 5. The number of carbonyl (C=O) groups is 3. The van der Waals surface area contributed by atoms with Crippen molar-refractivity contribution in [2.24, 2.45) is 11.0 Å². The molecule has 1 aromatic rings. The molecule has 148 valence electrons. The molecule has 0 radical (unpaired) electrons. The zero-order valence-corrected chi connectivity index (χ0v) is 15.3. The second-order valence-electron chi connectivity index (χ2n) is 6.58. The third kappa shape index (κ3) is 4.83. The highest BCUT2D eigenvalue weighted by Crippen LogP contribution is 2.34. The van der Waals surface area contributed by atoms with Crippen LogP contribution in [0.3, 0.4) is 0 Å². The molecule has 2 atom stereocenters. The Morgan fingerprint density at radius 2 is 2.18 bits per heavy atom. The number of nitrogens with zero attached hydrogens (tertiary/aromatic N) is 1. The van der Waals surface area contributed by atoms with Crippen LogP contribution in [0, 0.1) is 17.1 Å². The highest BCUT2D eigenvalue weighted by Gasteiger charge is 2.40. The summed E-state index contributed by atoms with van der Waals surface area (Å²) in [4.78, 5) is 35.9. The quantitative estimate of drug-likeness (QED) is 0.252. The van der Waals surface area contributed by atoms with Crippen LogP contribution in [0.15, 0.2) is 23.3 Å². The van der Waals surface area contributed by atoms with E-state index in [1.165, 1.54) is 12.1 Å². The monoisotopic (exact) mass is 408 g/mol. The second-order valence-corrected chi connectivity index (χ2v) is 6.98. The van der Waals surface area contributed by atoms with Crippen molar-refractivity contribution in [3.63, 3.8) is 0 Å². The maximum atomic E-state index is 13.1. The summed E-state index contributed by atoms with van der Waals surface area (Å²) in [6, 6.07) is 1.46.